The first-order chi connectivity index (χ1) is 18.0. The predicted octanol–water partition coefficient (Wildman–Crippen LogP) is 6.51. The third kappa shape index (κ3) is 6.10. The molecule has 1 heterocycles. The Morgan fingerprint density at radius 3 is 2.42 bits per heavy atom. The first kappa shape index (κ1) is 27.8. The number of ether oxygens (including phenoxy) is 1. The molecule has 38 heavy (non-hydrogen) atoms. The van der Waals surface area contributed by atoms with Gasteiger partial charge in [0.15, 0.2) is 6.61 Å². The smallest absolute Gasteiger partial charge is 0.335 e. The Morgan fingerprint density at radius 2 is 1.74 bits per heavy atom. The number of amides is 5. The largest absolute Gasteiger partial charge is 0.481 e. The van der Waals surface area contributed by atoms with E-state index in [4.69, 9.17) is 27.9 Å². The molecule has 0 aromatic heterocycles. The SMILES string of the molecule is Cc1ccc(Cl)cc1N1C(=O)NC(=O)/C(=C\c2cc(Br)c(OCC(=O)Nc3ccccc3Cl)c(Br)c2)C1=O. The maximum atomic E-state index is 13.2. The van der Waals surface area contributed by atoms with Crippen molar-refractivity contribution in [3.63, 3.8) is 0 Å². The molecule has 4 rings (SSSR count). The highest BCUT2D eigenvalue weighted by Gasteiger charge is 2.37. The van der Waals surface area contributed by atoms with Crippen molar-refractivity contribution in [2.24, 2.45) is 0 Å². The van der Waals surface area contributed by atoms with Gasteiger partial charge in [0.05, 0.1) is 25.3 Å². The van der Waals surface area contributed by atoms with Crippen LogP contribution in [0, 0.1) is 6.92 Å². The summed E-state index contributed by atoms with van der Waals surface area (Å²) in [6.45, 7) is 1.41. The Morgan fingerprint density at radius 1 is 1.05 bits per heavy atom. The van der Waals surface area contributed by atoms with Crippen molar-refractivity contribution in [1.29, 1.82) is 0 Å². The number of hydrogen-bond donors (Lipinski definition) is 2. The first-order valence-corrected chi connectivity index (χ1v) is 13.2. The van der Waals surface area contributed by atoms with Crippen molar-refractivity contribution in [3.8, 4) is 5.75 Å². The van der Waals surface area contributed by atoms with E-state index in [1.807, 2.05) is 0 Å². The summed E-state index contributed by atoms with van der Waals surface area (Å²) in [6, 6.07) is 13.9. The van der Waals surface area contributed by atoms with E-state index in [2.05, 4.69) is 42.5 Å². The van der Waals surface area contributed by atoms with Gasteiger partial charge in [-0.2, -0.15) is 0 Å². The van der Waals surface area contributed by atoms with E-state index in [0.717, 1.165) is 4.90 Å². The standard InChI is InChI=1S/C26H17Br2Cl2N3O5/c1-13-6-7-15(29)11-21(13)33-25(36)16(24(35)32-26(33)37)8-14-9-17(27)23(18(28)10-14)38-12-22(34)31-20-5-3-2-4-19(20)30/h2-11H,12H2,1H3,(H,31,34)(H,32,35,37)/b16-8+. The maximum absolute atomic E-state index is 13.2. The van der Waals surface area contributed by atoms with Crippen LogP contribution in [0.2, 0.25) is 10.0 Å². The number of benzene rings is 3. The summed E-state index contributed by atoms with van der Waals surface area (Å²) in [7, 11) is 0. The summed E-state index contributed by atoms with van der Waals surface area (Å²) in [4.78, 5) is 51.5. The van der Waals surface area contributed by atoms with Gasteiger partial charge in [-0.1, -0.05) is 41.4 Å². The number of carbonyl (C=O) groups is 4. The van der Waals surface area contributed by atoms with Gasteiger partial charge in [0.25, 0.3) is 17.7 Å². The van der Waals surface area contributed by atoms with Gasteiger partial charge in [0.2, 0.25) is 0 Å². The molecule has 5 amide bonds. The van der Waals surface area contributed by atoms with E-state index < -0.39 is 23.8 Å². The number of anilines is 2. The zero-order valence-electron chi connectivity index (χ0n) is 19.5. The van der Waals surface area contributed by atoms with Crippen molar-refractivity contribution in [3.05, 3.63) is 90.3 Å². The summed E-state index contributed by atoms with van der Waals surface area (Å²) in [6.07, 6.45) is 1.35. The Kier molecular flexibility index (Phi) is 8.57. The molecular weight excluding hydrogens is 665 g/mol. The van der Waals surface area contributed by atoms with Crippen LogP contribution in [-0.2, 0) is 14.4 Å². The van der Waals surface area contributed by atoms with Crippen molar-refractivity contribution < 1.29 is 23.9 Å². The van der Waals surface area contributed by atoms with Crippen LogP contribution in [0.3, 0.4) is 0 Å². The van der Waals surface area contributed by atoms with E-state index in [0.29, 0.717) is 41.6 Å². The average Bonchev–Trinajstić information content (AvgIpc) is 2.84. The molecule has 1 fully saturated rings. The third-order valence-electron chi connectivity index (χ3n) is 5.34. The van der Waals surface area contributed by atoms with Crippen LogP contribution in [0.4, 0.5) is 16.2 Å². The van der Waals surface area contributed by atoms with Gasteiger partial charge in [0.1, 0.15) is 11.3 Å². The number of carbonyl (C=O) groups excluding carboxylic acids is 4. The predicted molar refractivity (Wildman–Crippen MR) is 153 cm³/mol. The molecular formula is C26H17Br2Cl2N3O5. The van der Waals surface area contributed by atoms with Crippen LogP contribution in [0.5, 0.6) is 5.75 Å². The fourth-order valence-electron chi connectivity index (χ4n) is 3.55. The zero-order valence-corrected chi connectivity index (χ0v) is 24.2. The molecule has 2 N–H and O–H groups in total. The van der Waals surface area contributed by atoms with Gasteiger partial charge < -0.3 is 10.1 Å². The van der Waals surface area contributed by atoms with Crippen molar-refractivity contribution in [1.82, 2.24) is 5.32 Å². The summed E-state index contributed by atoms with van der Waals surface area (Å²) >= 11 is 18.9. The Labute approximate surface area is 244 Å². The molecule has 0 aliphatic carbocycles. The Hall–Kier alpha value is -3.18. The number of hydrogen-bond acceptors (Lipinski definition) is 5. The summed E-state index contributed by atoms with van der Waals surface area (Å²) in [5, 5.41) is 5.58. The molecule has 3 aromatic rings. The minimum atomic E-state index is -0.872. The van der Waals surface area contributed by atoms with E-state index in [-0.39, 0.29) is 17.9 Å². The number of nitrogens with zero attached hydrogens (tertiary/aromatic N) is 1. The highest BCUT2D eigenvalue weighted by Crippen LogP contribution is 2.36. The van der Waals surface area contributed by atoms with Gasteiger partial charge >= 0.3 is 6.03 Å². The topological polar surface area (TPSA) is 105 Å². The van der Waals surface area contributed by atoms with E-state index in [1.54, 1.807) is 55.5 Å². The molecule has 1 saturated heterocycles. The van der Waals surface area contributed by atoms with Crippen LogP contribution < -0.4 is 20.3 Å². The molecule has 0 radical (unpaired) electrons. The van der Waals surface area contributed by atoms with Crippen LogP contribution in [-0.4, -0.2) is 30.4 Å². The van der Waals surface area contributed by atoms with Gasteiger partial charge in [-0.25, -0.2) is 9.69 Å². The van der Waals surface area contributed by atoms with Crippen LogP contribution in [0.1, 0.15) is 11.1 Å². The molecule has 0 spiro atoms. The summed E-state index contributed by atoms with van der Waals surface area (Å²) < 4.78 is 6.56. The van der Waals surface area contributed by atoms with E-state index in [9.17, 15) is 19.2 Å². The number of rotatable bonds is 6. The fourth-order valence-corrected chi connectivity index (χ4v) is 5.35. The highest BCUT2D eigenvalue weighted by atomic mass is 79.9. The van der Waals surface area contributed by atoms with Gasteiger partial charge in [-0.3, -0.25) is 19.7 Å². The van der Waals surface area contributed by atoms with Crippen LogP contribution in [0.15, 0.2) is 69.1 Å². The molecule has 0 saturated carbocycles. The monoisotopic (exact) mass is 679 g/mol. The Balaban J connectivity index is 1.55. The second-order valence-corrected chi connectivity index (χ2v) is 10.6. The van der Waals surface area contributed by atoms with Gasteiger partial charge in [-0.15, -0.1) is 0 Å². The lowest BCUT2D eigenvalue weighted by molar-refractivity contribution is -0.122. The minimum Gasteiger partial charge on any atom is -0.481 e. The number of nitrogens with one attached hydrogen (secondary N) is 2. The van der Waals surface area contributed by atoms with Gasteiger partial charge in [0, 0.05) is 5.02 Å². The number of imide groups is 2. The van der Waals surface area contributed by atoms with E-state index >= 15 is 0 Å². The number of para-hydroxylation sites is 1. The first-order valence-electron chi connectivity index (χ1n) is 10.9. The lowest BCUT2D eigenvalue weighted by atomic mass is 10.1. The minimum absolute atomic E-state index is 0.254. The zero-order chi connectivity index (χ0) is 27.6. The summed E-state index contributed by atoms with van der Waals surface area (Å²) in [5.41, 5.74) is 1.54. The molecule has 1 aliphatic heterocycles. The molecule has 8 nitrogen and oxygen atoms in total. The van der Waals surface area contributed by atoms with Crippen LogP contribution in [0.25, 0.3) is 6.08 Å². The van der Waals surface area contributed by atoms with Crippen molar-refractivity contribution >= 4 is 96.3 Å². The van der Waals surface area contributed by atoms with Crippen molar-refractivity contribution in [2.45, 2.75) is 6.92 Å². The number of barbiturate groups is 1. The number of urea groups is 1. The highest BCUT2D eigenvalue weighted by molar-refractivity contribution is 9.11. The normalized spacial score (nSPS) is 14.5. The fraction of sp³-hybridized carbons (Fsp3) is 0.0769. The number of aryl methyl sites for hydroxylation is 1. The van der Waals surface area contributed by atoms with Crippen molar-refractivity contribution in [2.75, 3.05) is 16.8 Å². The summed E-state index contributed by atoms with van der Waals surface area (Å²) in [5.74, 6) is -1.73. The molecule has 12 heteroatoms. The lowest BCUT2D eigenvalue weighted by Crippen LogP contribution is -2.54. The Bertz CT molecular complexity index is 1500. The number of halogens is 4. The molecule has 1 aliphatic rings. The molecule has 0 unspecified atom stereocenters. The lowest BCUT2D eigenvalue weighted by Gasteiger charge is -2.27. The third-order valence-corrected chi connectivity index (χ3v) is 7.08. The quantitative estimate of drug-likeness (QED) is 0.228. The van der Waals surface area contributed by atoms with E-state index in [1.165, 1.54) is 12.1 Å². The molecule has 0 atom stereocenters. The van der Waals surface area contributed by atoms with Crippen LogP contribution >= 0.6 is 55.1 Å². The second-order valence-electron chi connectivity index (χ2n) is 8.02. The molecule has 0 bridgehead atoms. The van der Waals surface area contributed by atoms with Gasteiger partial charge in [-0.05, 0) is 92.4 Å². The molecule has 194 valence electrons. The molecule has 3 aromatic carbocycles. The average molecular weight is 682 g/mol. The maximum Gasteiger partial charge on any atom is 0.335 e. The second kappa shape index (κ2) is 11.7.